The molecule has 2 heterocycles. The zero-order valence-corrected chi connectivity index (χ0v) is 15.6. The molecule has 142 valence electrons. The van der Waals surface area contributed by atoms with Gasteiger partial charge < -0.3 is 24.0 Å². The number of quaternary nitrogens is 2. The summed E-state index contributed by atoms with van der Waals surface area (Å²) in [5.74, 6) is 1.43. The number of carbonyl (C=O) groups is 1. The molecule has 2 aromatic rings. The van der Waals surface area contributed by atoms with Crippen molar-refractivity contribution in [3.63, 3.8) is 0 Å². The van der Waals surface area contributed by atoms with E-state index in [1.165, 1.54) is 18.2 Å². The van der Waals surface area contributed by atoms with E-state index in [4.69, 9.17) is 14.2 Å². The third-order valence-electron chi connectivity index (χ3n) is 5.38. The van der Waals surface area contributed by atoms with Gasteiger partial charge in [-0.1, -0.05) is 12.1 Å². The van der Waals surface area contributed by atoms with E-state index in [0.717, 1.165) is 50.8 Å². The molecule has 0 saturated carbocycles. The predicted molar refractivity (Wildman–Crippen MR) is 99.1 cm³/mol. The number of esters is 1. The van der Waals surface area contributed by atoms with Crippen LogP contribution in [0.15, 0.2) is 42.5 Å². The second-order valence-electron chi connectivity index (χ2n) is 7.23. The molecule has 0 spiro atoms. The van der Waals surface area contributed by atoms with E-state index in [1.807, 2.05) is 30.3 Å². The maximum Gasteiger partial charge on any atom is 0.337 e. The quantitative estimate of drug-likeness (QED) is 0.709. The smallest absolute Gasteiger partial charge is 0.337 e. The van der Waals surface area contributed by atoms with Crippen LogP contribution in [0.4, 0.5) is 0 Å². The number of ether oxygens (including phenoxy) is 3. The zero-order valence-electron chi connectivity index (χ0n) is 15.6. The van der Waals surface area contributed by atoms with Gasteiger partial charge in [0.15, 0.2) is 11.5 Å². The molecule has 0 atom stereocenters. The molecule has 2 N–H and O–H groups in total. The lowest BCUT2D eigenvalue weighted by molar-refractivity contribution is -1.02. The van der Waals surface area contributed by atoms with Gasteiger partial charge in [0.1, 0.15) is 39.3 Å². The van der Waals surface area contributed by atoms with Crippen molar-refractivity contribution in [3.05, 3.63) is 59.2 Å². The summed E-state index contributed by atoms with van der Waals surface area (Å²) < 4.78 is 15.6. The highest BCUT2D eigenvalue weighted by Crippen LogP contribution is 2.32. The maximum absolute atomic E-state index is 11.5. The van der Waals surface area contributed by atoms with Gasteiger partial charge in [0.25, 0.3) is 0 Å². The average molecular weight is 370 g/mol. The van der Waals surface area contributed by atoms with Gasteiger partial charge in [-0.05, 0) is 30.3 Å². The van der Waals surface area contributed by atoms with Gasteiger partial charge >= 0.3 is 5.97 Å². The first-order valence-electron chi connectivity index (χ1n) is 9.44. The number of rotatable bonds is 5. The van der Waals surface area contributed by atoms with Gasteiger partial charge in [0, 0.05) is 11.1 Å². The van der Waals surface area contributed by atoms with Crippen LogP contribution in [-0.2, 0) is 17.8 Å². The molecule has 1 saturated heterocycles. The van der Waals surface area contributed by atoms with Gasteiger partial charge in [-0.25, -0.2) is 4.79 Å². The van der Waals surface area contributed by atoms with Crippen LogP contribution >= 0.6 is 0 Å². The maximum atomic E-state index is 11.5. The third kappa shape index (κ3) is 4.23. The lowest BCUT2D eigenvalue weighted by Gasteiger charge is -2.29. The van der Waals surface area contributed by atoms with Crippen LogP contribution in [0, 0.1) is 0 Å². The fraction of sp³-hybridized carbons (Fsp3) is 0.381. The van der Waals surface area contributed by atoms with Crippen molar-refractivity contribution in [2.24, 2.45) is 0 Å². The summed E-state index contributed by atoms with van der Waals surface area (Å²) in [6.07, 6.45) is 0. The van der Waals surface area contributed by atoms with Gasteiger partial charge in [0.05, 0.1) is 12.7 Å². The number of carbonyl (C=O) groups excluding carboxylic acids is 1. The molecule has 27 heavy (non-hydrogen) atoms. The Labute approximate surface area is 159 Å². The van der Waals surface area contributed by atoms with Crippen molar-refractivity contribution >= 4 is 5.97 Å². The molecule has 0 radical (unpaired) electrons. The summed E-state index contributed by atoms with van der Waals surface area (Å²) in [5.41, 5.74) is 3.17. The molecule has 4 rings (SSSR count). The minimum absolute atomic E-state index is 0.283. The SMILES string of the molecule is COC(=O)c1ccc(C[NH+]2CC[NH+](Cc3ccc4c(c3)OCO4)CC2)cc1. The number of piperazine rings is 1. The van der Waals surface area contributed by atoms with Crippen molar-refractivity contribution < 1.29 is 28.8 Å². The molecule has 6 nitrogen and oxygen atoms in total. The first-order chi connectivity index (χ1) is 13.2. The van der Waals surface area contributed by atoms with Gasteiger partial charge in [-0.15, -0.1) is 0 Å². The summed E-state index contributed by atoms with van der Waals surface area (Å²) in [4.78, 5) is 14.7. The Morgan fingerprint density at radius 1 is 0.889 bits per heavy atom. The van der Waals surface area contributed by atoms with E-state index in [9.17, 15) is 4.79 Å². The second kappa shape index (κ2) is 7.98. The van der Waals surface area contributed by atoms with Crippen LogP contribution in [0.25, 0.3) is 0 Å². The van der Waals surface area contributed by atoms with E-state index in [-0.39, 0.29) is 5.97 Å². The molecule has 1 fully saturated rings. The Morgan fingerprint density at radius 2 is 1.48 bits per heavy atom. The number of hydrogen-bond acceptors (Lipinski definition) is 4. The fourth-order valence-electron chi connectivity index (χ4n) is 3.82. The Bertz CT molecular complexity index is 798. The monoisotopic (exact) mass is 370 g/mol. The molecular weight excluding hydrogens is 344 g/mol. The molecule has 0 aliphatic carbocycles. The molecule has 6 heteroatoms. The van der Waals surface area contributed by atoms with Crippen LogP contribution in [-0.4, -0.2) is 46.1 Å². The highest BCUT2D eigenvalue weighted by Gasteiger charge is 2.24. The highest BCUT2D eigenvalue weighted by atomic mass is 16.7. The van der Waals surface area contributed by atoms with Crippen molar-refractivity contribution in [1.82, 2.24) is 0 Å². The lowest BCUT2D eigenvalue weighted by Crippen LogP contribution is -3.27. The van der Waals surface area contributed by atoms with Gasteiger partial charge in [0.2, 0.25) is 6.79 Å². The van der Waals surface area contributed by atoms with Crippen LogP contribution in [0.1, 0.15) is 21.5 Å². The number of benzene rings is 2. The van der Waals surface area contributed by atoms with Crippen LogP contribution in [0.3, 0.4) is 0 Å². The zero-order chi connectivity index (χ0) is 18.6. The number of hydrogen-bond donors (Lipinski definition) is 2. The van der Waals surface area contributed by atoms with Crippen molar-refractivity contribution in [2.75, 3.05) is 40.1 Å². The van der Waals surface area contributed by atoms with E-state index in [1.54, 1.807) is 9.80 Å². The second-order valence-corrected chi connectivity index (χ2v) is 7.23. The van der Waals surface area contributed by atoms with E-state index >= 15 is 0 Å². The topological polar surface area (TPSA) is 53.6 Å². The van der Waals surface area contributed by atoms with E-state index in [2.05, 4.69) is 12.1 Å². The highest BCUT2D eigenvalue weighted by molar-refractivity contribution is 5.89. The number of nitrogens with one attached hydrogen (secondary N) is 2. The first kappa shape index (κ1) is 17.8. The fourth-order valence-corrected chi connectivity index (χ4v) is 3.82. The molecule has 2 aliphatic heterocycles. The minimum atomic E-state index is -0.283. The molecule has 2 aromatic carbocycles. The molecular formula is C21H26N2O4+2. The van der Waals surface area contributed by atoms with E-state index < -0.39 is 0 Å². The minimum Gasteiger partial charge on any atom is -0.465 e. The van der Waals surface area contributed by atoms with Crippen LogP contribution in [0.5, 0.6) is 11.5 Å². The summed E-state index contributed by atoms with van der Waals surface area (Å²) in [5, 5.41) is 0. The normalized spacial score (nSPS) is 21.1. The Morgan fingerprint density at radius 3 is 2.15 bits per heavy atom. The van der Waals surface area contributed by atoms with Crippen molar-refractivity contribution in [1.29, 1.82) is 0 Å². The standard InChI is InChI=1S/C21H24N2O4/c1-25-21(24)18-5-2-16(3-6-18)13-22-8-10-23(11-9-22)14-17-4-7-19-20(12-17)27-15-26-19/h2-7,12H,8-11,13-15H2,1H3/p+2. The number of fused-ring (bicyclic) bond motifs is 1. The third-order valence-corrected chi connectivity index (χ3v) is 5.38. The largest absolute Gasteiger partial charge is 0.465 e. The summed E-state index contributed by atoms with van der Waals surface area (Å²) in [7, 11) is 1.41. The lowest BCUT2D eigenvalue weighted by atomic mass is 10.1. The Balaban J connectivity index is 1.27. The predicted octanol–water partition coefficient (Wildman–Crippen LogP) is -0.314. The Kier molecular flexibility index (Phi) is 5.27. The van der Waals surface area contributed by atoms with E-state index in [0.29, 0.717) is 12.4 Å². The van der Waals surface area contributed by atoms with Crippen LogP contribution in [0.2, 0.25) is 0 Å². The van der Waals surface area contributed by atoms with Gasteiger partial charge in [-0.3, -0.25) is 0 Å². The molecule has 0 aromatic heterocycles. The van der Waals surface area contributed by atoms with Crippen LogP contribution < -0.4 is 19.3 Å². The molecule has 0 amide bonds. The molecule has 0 bridgehead atoms. The Hall–Kier alpha value is -2.57. The number of methoxy groups -OCH3 is 1. The van der Waals surface area contributed by atoms with Gasteiger partial charge in [-0.2, -0.15) is 0 Å². The summed E-state index contributed by atoms with van der Waals surface area (Å²) in [6.45, 7) is 6.97. The van der Waals surface area contributed by atoms with Crippen molar-refractivity contribution in [2.45, 2.75) is 13.1 Å². The summed E-state index contributed by atoms with van der Waals surface area (Å²) >= 11 is 0. The van der Waals surface area contributed by atoms with Crippen molar-refractivity contribution in [3.8, 4) is 11.5 Å². The first-order valence-corrected chi connectivity index (χ1v) is 9.44. The molecule has 0 unspecified atom stereocenters. The average Bonchev–Trinajstić information content (AvgIpc) is 3.17. The molecule has 2 aliphatic rings. The summed E-state index contributed by atoms with van der Waals surface area (Å²) in [6, 6.07) is 14.0.